The molecule has 0 amide bonds. The Kier molecular flexibility index (Phi) is 2.90. The molecule has 0 aromatic rings. The van der Waals surface area contributed by atoms with Crippen molar-refractivity contribution in [3.8, 4) is 0 Å². The van der Waals surface area contributed by atoms with E-state index < -0.39 is 5.60 Å². The third-order valence-electron chi connectivity index (χ3n) is 2.87. The second-order valence-corrected chi connectivity index (χ2v) is 5.43. The number of Topliss-reactive ketones (excluding diaryl/α,β-unsaturated/α-hetero) is 1. The molecule has 0 bridgehead atoms. The van der Waals surface area contributed by atoms with Crippen molar-refractivity contribution in [1.29, 1.82) is 0 Å². The Morgan fingerprint density at radius 3 is 2.82 bits per heavy atom. The minimum Gasteiger partial charge on any atom is -0.478 e. The zero-order valence-corrected chi connectivity index (χ0v) is 10.8. The van der Waals surface area contributed by atoms with Crippen molar-refractivity contribution in [2.45, 2.75) is 31.2 Å². The summed E-state index contributed by atoms with van der Waals surface area (Å²) in [6.07, 6.45) is 1.62. The van der Waals surface area contributed by atoms with Gasteiger partial charge in [0.05, 0.1) is 22.1 Å². The molecule has 0 aromatic carbocycles. The zero-order chi connectivity index (χ0) is 12.8. The zero-order valence-electron chi connectivity index (χ0n) is 9.33. The largest absolute Gasteiger partial charge is 0.478 e. The molecule has 0 spiro atoms. The van der Waals surface area contributed by atoms with E-state index >= 15 is 0 Å². The highest BCUT2D eigenvalue weighted by molar-refractivity contribution is 6.48. The lowest BCUT2D eigenvalue weighted by Gasteiger charge is -2.37. The van der Waals surface area contributed by atoms with Crippen LogP contribution < -0.4 is 0 Å². The minimum absolute atomic E-state index is 0.00345. The van der Waals surface area contributed by atoms with Crippen molar-refractivity contribution in [3.05, 3.63) is 28.0 Å². The van der Waals surface area contributed by atoms with Gasteiger partial charge in [0.2, 0.25) is 11.5 Å². The third-order valence-corrected chi connectivity index (χ3v) is 3.83. The first-order chi connectivity index (χ1) is 7.86. The molecule has 4 nitrogen and oxygen atoms in total. The Morgan fingerprint density at radius 2 is 2.24 bits per heavy atom. The second kappa shape index (κ2) is 3.98. The third kappa shape index (κ3) is 1.93. The SMILES string of the molecule is CC1(C)OC2=C(C[C@H]1Cl)C(=O)C(Cl)=CC2=[N+]=[N-]. The van der Waals surface area contributed by atoms with Crippen molar-refractivity contribution >= 4 is 34.7 Å². The molecule has 0 unspecified atom stereocenters. The van der Waals surface area contributed by atoms with Gasteiger partial charge in [-0.05, 0) is 13.8 Å². The number of hydrogen-bond donors (Lipinski definition) is 0. The number of hydrogen-bond acceptors (Lipinski definition) is 2. The van der Waals surface area contributed by atoms with Gasteiger partial charge in [-0.15, -0.1) is 11.6 Å². The van der Waals surface area contributed by atoms with Crippen molar-refractivity contribution in [1.82, 2.24) is 0 Å². The number of ketones is 1. The molecule has 17 heavy (non-hydrogen) atoms. The van der Waals surface area contributed by atoms with E-state index in [0.29, 0.717) is 12.0 Å². The molecule has 1 aliphatic carbocycles. The van der Waals surface area contributed by atoms with E-state index in [1.165, 1.54) is 6.08 Å². The molecule has 0 saturated carbocycles. The predicted octanol–water partition coefficient (Wildman–Crippen LogP) is 2.42. The molecular formula is C11H10Cl2N2O2. The summed E-state index contributed by atoms with van der Waals surface area (Å²) in [4.78, 5) is 14.9. The molecule has 2 aliphatic rings. The summed E-state index contributed by atoms with van der Waals surface area (Å²) >= 11 is 11.9. The lowest BCUT2D eigenvalue weighted by molar-refractivity contribution is -0.113. The highest BCUT2D eigenvalue weighted by Crippen LogP contribution is 2.38. The topological polar surface area (TPSA) is 62.7 Å². The molecule has 1 aliphatic heterocycles. The van der Waals surface area contributed by atoms with Crippen LogP contribution in [0.15, 0.2) is 22.4 Å². The number of halogens is 2. The average molecular weight is 273 g/mol. The number of carbonyl (C=O) groups is 1. The predicted molar refractivity (Wildman–Crippen MR) is 64.0 cm³/mol. The van der Waals surface area contributed by atoms with Crippen molar-refractivity contribution < 1.29 is 14.3 Å². The molecule has 0 aromatic heterocycles. The van der Waals surface area contributed by atoms with Gasteiger partial charge in [0.15, 0.2) is 0 Å². The van der Waals surface area contributed by atoms with E-state index in [9.17, 15) is 4.79 Å². The first kappa shape index (κ1) is 12.4. The van der Waals surface area contributed by atoms with Crippen molar-refractivity contribution in [3.63, 3.8) is 0 Å². The molecule has 0 fully saturated rings. The van der Waals surface area contributed by atoms with E-state index in [2.05, 4.69) is 4.79 Å². The number of allylic oxidation sites excluding steroid dienone is 3. The summed E-state index contributed by atoms with van der Waals surface area (Å²) in [5.41, 5.74) is 8.79. The van der Waals surface area contributed by atoms with Crippen LogP contribution in [-0.4, -0.2) is 27.3 Å². The van der Waals surface area contributed by atoms with E-state index in [1.807, 2.05) is 13.8 Å². The van der Waals surface area contributed by atoms with Gasteiger partial charge >= 0.3 is 5.71 Å². The highest BCUT2D eigenvalue weighted by atomic mass is 35.5. The molecule has 1 atom stereocenters. The molecule has 2 rings (SSSR count). The Morgan fingerprint density at radius 1 is 1.59 bits per heavy atom. The molecule has 0 radical (unpaired) electrons. The van der Waals surface area contributed by atoms with Gasteiger partial charge in [0.25, 0.3) is 0 Å². The summed E-state index contributed by atoms with van der Waals surface area (Å²) in [5.74, 6) is -0.0565. The van der Waals surface area contributed by atoms with E-state index in [4.69, 9.17) is 33.5 Å². The van der Waals surface area contributed by atoms with E-state index in [1.54, 1.807) is 0 Å². The van der Waals surface area contributed by atoms with Crippen LogP contribution in [0.4, 0.5) is 0 Å². The van der Waals surface area contributed by atoms with Crippen LogP contribution in [0.2, 0.25) is 0 Å². The maximum absolute atomic E-state index is 11.8. The Hall–Kier alpha value is -1.09. The normalized spacial score (nSPS) is 27.1. The van der Waals surface area contributed by atoms with Gasteiger partial charge in [-0.3, -0.25) is 4.79 Å². The fourth-order valence-electron chi connectivity index (χ4n) is 1.78. The molecule has 0 saturated heterocycles. The quantitative estimate of drug-likeness (QED) is 0.294. The Balaban J connectivity index is 2.55. The summed E-state index contributed by atoms with van der Waals surface area (Å²) in [6, 6.07) is 0. The monoisotopic (exact) mass is 272 g/mol. The Labute approximate surface area is 108 Å². The van der Waals surface area contributed by atoms with Gasteiger partial charge in [0.1, 0.15) is 5.60 Å². The average Bonchev–Trinajstić information content (AvgIpc) is 2.26. The molecule has 6 heteroatoms. The smallest absolute Gasteiger partial charge is 0.358 e. The fourth-order valence-corrected chi connectivity index (χ4v) is 2.19. The van der Waals surface area contributed by atoms with Crippen LogP contribution in [0.1, 0.15) is 20.3 Å². The van der Waals surface area contributed by atoms with Crippen LogP contribution in [0, 0.1) is 0 Å². The van der Waals surface area contributed by atoms with Gasteiger partial charge < -0.3 is 10.3 Å². The van der Waals surface area contributed by atoms with Crippen molar-refractivity contribution in [2.75, 3.05) is 0 Å². The molecule has 1 heterocycles. The lowest BCUT2D eigenvalue weighted by Crippen LogP contribution is -2.42. The summed E-state index contributed by atoms with van der Waals surface area (Å²) in [5, 5.41) is -0.337. The minimum atomic E-state index is -0.631. The lowest BCUT2D eigenvalue weighted by atomic mass is 9.88. The molecule has 0 N–H and O–H groups in total. The first-order valence-electron chi connectivity index (χ1n) is 5.07. The summed E-state index contributed by atoms with van der Waals surface area (Å²) in [6.45, 7) is 3.63. The number of carbonyl (C=O) groups excluding carboxylic acids is 1. The number of alkyl halides is 1. The summed E-state index contributed by atoms with van der Waals surface area (Å²) < 4.78 is 5.65. The standard InChI is InChI=1S/C11H10Cl2N2O2/c1-11(2)8(13)3-5-9(16)6(12)4-7(15-14)10(5)17-11/h4,8H,3H2,1-2H3/t8-/m1/s1. The maximum Gasteiger partial charge on any atom is 0.358 e. The fraction of sp³-hybridized carbons (Fsp3) is 0.455. The van der Waals surface area contributed by atoms with Crippen LogP contribution in [0.3, 0.4) is 0 Å². The molecular weight excluding hydrogens is 263 g/mol. The number of ether oxygens (including phenoxy) is 1. The van der Waals surface area contributed by atoms with Gasteiger partial charge in [0, 0.05) is 6.42 Å². The summed E-state index contributed by atoms with van der Waals surface area (Å²) in [7, 11) is 0. The van der Waals surface area contributed by atoms with Gasteiger partial charge in [-0.1, -0.05) is 11.6 Å². The van der Waals surface area contributed by atoms with Crippen LogP contribution >= 0.6 is 23.2 Å². The van der Waals surface area contributed by atoms with Crippen LogP contribution in [-0.2, 0) is 9.53 Å². The number of rotatable bonds is 0. The van der Waals surface area contributed by atoms with E-state index in [-0.39, 0.29) is 27.7 Å². The van der Waals surface area contributed by atoms with Crippen LogP contribution in [0.25, 0.3) is 5.53 Å². The van der Waals surface area contributed by atoms with Crippen molar-refractivity contribution in [2.24, 2.45) is 0 Å². The van der Waals surface area contributed by atoms with Crippen LogP contribution in [0.5, 0.6) is 0 Å². The van der Waals surface area contributed by atoms with Gasteiger partial charge in [-0.2, -0.15) is 4.79 Å². The highest BCUT2D eigenvalue weighted by Gasteiger charge is 2.44. The van der Waals surface area contributed by atoms with Gasteiger partial charge in [-0.25, -0.2) is 0 Å². The first-order valence-corrected chi connectivity index (χ1v) is 5.89. The second-order valence-electron chi connectivity index (χ2n) is 4.49. The van der Waals surface area contributed by atoms with E-state index in [0.717, 1.165) is 0 Å². The maximum atomic E-state index is 11.8. The Bertz CT molecular complexity index is 514. The molecule has 90 valence electrons. The number of nitrogens with zero attached hydrogens (tertiary/aromatic N) is 2.